The molecule has 4 nitrogen and oxygen atoms in total. The van der Waals surface area contributed by atoms with Gasteiger partial charge in [0.05, 0.1) is 10.2 Å². The first-order valence-electron chi connectivity index (χ1n) is 13.2. The highest BCUT2D eigenvalue weighted by atomic mass is 35.7. The third-order valence-electron chi connectivity index (χ3n) is 5.98. The van der Waals surface area contributed by atoms with Crippen molar-refractivity contribution in [3.63, 3.8) is 0 Å². The Morgan fingerprint density at radius 2 is 1.28 bits per heavy atom. The molecule has 0 aromatic heterocycles. The van der Waals surface area contributed by atoms with E-state index < -0.39 is 31.8 Å². The van der Waals surface area contributed by atoms with E-state index in [4.69, 9.17) is 3.74 Å². The molecule has 2 aliphatic rings. The Bertz CT molecular complexity index is 1170. The molecule has 2 heterocycles. The molecule has 2 rings (SSSR count). The van der Waals surface area contributed by atoms with Crippen molar-refractivity contribution < 1.29 is 28.0 Å². The van der Waals surface area contributed by atoms with E-state index in [1.54, 1.807) is 0 Å². The molecule has 0 saturated carbocycles. The molecule has 0 bridgehead atoms. The first kappa shape index (κ1) is 34.1. The van der Waals surface area contributed by atoms with Crippen molar-refractivity contribution in [3.05, 3.63) is 80.0 Å². The highest BCUT2D eigenvalue weighted by molar-refractivity contribution is 8.15. The number of hydrogen-bond donors (Lipinski definition) is 0. The van der Waals surface area contributed by atoms with Crippen LogP contribution >= 0.6 is 22.5 Å². The lowest BCUT2D eigenvalue weighted by Crippen LogP contribution is -2.60. The van der Waals surface area contributed by atoms with Crippen LogP contribution < -0.4 is 14.0 Å². The summed E-state index contributed by atoms with van der Waals surface area (Å²) >= 11 is 1.88. The summed E-state index contributed by atoms with van der Waals surface area (Å²) in [5, 5.41) is 0. The van der Waals surface area contributed by atoms with E-state index in [9.17, 15) is 14.0 Å². The van der Waals surface area contributed by atoms with Crippen molar-refractivity contribution in [2.75, 3.05) is 0 Å². The molecule has 0 fully saturated rings. The SMILES string of the molecule is CC(C=CC1=CC(C(C)(C)C)=S(O[Cl+3]([O-])([O-])[O-])C(C(C)(C)C)=C1)=CC=C1C=C(C(C)(C)C)SC(C(C)(C)C)=C1. The van der Waals surface area contributed by atoms with Gasteiger partial charge in [0.15, 0.2) is 0 Å². The quantitative estimate of drug-likeness (QED) is 0.248. The second kappa shape index (κ2) is 12.0. The van der Waals surface area contributed by atoms with Crippen LogP contribution in [0.25, 0.3) is 0 Å². The molecule has 0 N–H and O–H groups in total. The van der Waals surface area contributed by atoms with Crippen molar-refractivity contribution in [2.45, 2.75) is 90.0 Å². The molecule has 1 unspecified atom stereocenters. The Morgan fingerprint density at radius 3 is 1.69 bits per heavy atom. The summed E-state index contributed by atoms with van der Waals surface area (Å²) < 4.78 is 39.9. The Morgan fingerprint density at radius 1 is 0.769 bits per heavy atom. The molecule has 0 aromatic rings. The van der Waals surface area contributed by atoms with Gasteiger partial charge in [0.1, 0.15) is 14.5 Å². The zero-order chi connectivity index (χ0) is 30.2. The van der Waals surface area contributed by atoms with E-state index in [2.05, 4.69) is 78.8 Å². The molecule has 0 aromatic carbocycles. The second-order valence-electron chi connectivity index (χ2n) is 14.3. The summed E-state index contributed by atoms with van der Waals surface area (Å²) in [6.07, 6.45) is 16.9. The van der Waals surface area contributed by atoms with Gasteiger partial charge < -0.3 is 0 Å². The molecule has 39 heavy (non-hydrogen) atoms. The minimum Gasteiger partial charge on any atom is -0.182 e. The van der Waals surface area contributed by atoms with E-state index in [1.165, 1.54) is 15.4 Å². The van der Waals surface area contributed by atoms with Crippen molar-refractivity contribution in [3.8, 4) is 0 Å². The van der Waals surface area contributed by atoms with Gasteiger partial charge in [0.2, 0.25) is 0 Å². The van der Waals surface area contributed by atoms with Gasteiger partial charge >= 0.3 is 0 Å². The van der Waals surface area contributed by atoms with Crippen LogP contribution in [0.5, 0.6) is 0 Å². The summed E-state index contributed by atoms with van der Waals surface area (Å²) in [5.41, 5.74) is 2.58. The lowest BCUT2D eigenvalue weighted by atomic mass is 9.89. The standard InChI is InChI=1S/C32H47ClO4S2/c1-22(14-16-23-18-25(29(2,3)4)38-26(19-23)30(5,6)7)15-17-24-20-27(31(8,9)10)39(37-33(34,35)36)28(21-24)32(11,12)13/h14-21H,1-13H3. The Hall–Kier alpha value is -1.12. The van der Waals surface area contributed by atoms with Crippen molar-refractivity contribution in [1.29, 1.82) is 0 Å². The van der Waals surface area contributed by atoms with E-state index >= 15 is 0 Å². The van der Waals surface area contributed by atoms with Crippen LogP contribution in [0.15, 0.2) is 80.0 Å². The van der Waals surface area contributed by atoms with Crippen molar-refractivity contribution in [2.24, 2.45) is 21.7 Å². The molecule has 0 saturated heterocycles. The van der Waals surface area contributed by atoms with Crippen molar-refractivity contribution in [1.82, 2.24) is 0 Å². The minimum absolute atomic E-state index is 0.0755. The molecule has 0 spiro atoms. The fourth-order valence-corrected chi connectivity index (χ4v) is 7.90. The molecule has 0 aliphatic carbocycles. The van der Waals surface area contributed by atoms with Gasteiger partial charge in [-0.15, -0.1) is 0 Å². The van der Waals surface area contributed by atoms with Crippen LogP contribution in [0.3, 0.4) is 0 Å². The highest BCUT2D eigenvalue weighted by Crippen LogP contribution is 2.49. The summed E-state index contributed by atoms with van der Waals surface area (Å²) in [4.78, 5) is 4.28. The van der Waals surface area contributed by atoms with Gasteiger partial charge in [-0.05, 0) is 73.8 Å². The Kier molecular flexibility index (Phi) is 10.5. The number of rotatable bonds is 5. The molecule has 1 atom stereocenters. The monoisotopic (exact) mass is 594 g/mol. The van der Waals surface area contributed by atoms with Gasteiger partial charge in [0.25, 0.3) is 0 Å². The summed E-state index contributed by atoms with van der Waals surface area (Å²) in [6.45, 7) is 27.6. The first-order valence-corrected chi connectivity index (χ1v) is 16.4. The van der Waals surface area contributed by atoms with Gasteiger partial charge in [-0.25, -0.2) is 0 Å². The Labute approximate surface area is 246 Å². The number of hydrogen-bond acceptors (Lipinski definition) is 5. The molecular weight excluding hydrogens is 548 g/mol. The van der Waals surface area contributed by atoms with Crippen LogP contribution in [0.2, 0.25) is 0 Å². The third kappa shape index (κ3) is 10.3. The van der Waals surface area contributed by atoms with Crippen LogP contribution in [-0.4, -0.2) is 4.86 Å². The summed E-state index contributed by atoms with van der Waals surface area (Å²) in [6, 6.07) is 0. The average molecular weight is 595 g/mol. The van der Waals surface area contributed by atoms with Crippen LogP contribution in [0.4, 0.5) is 0 Å². The van der Waals surface area contributed by atoms with Crippen LogP contribution in [0.1, 0.15) is 90.0 Å². The predicted molar refractivity (Wildman–Crippen MR) is 162 cm³/mol. The molecule has 0 radical (unpaired) electrons. The maximum absolute atomic E-state index is 11.6. The molecular formula is C32H47ClO4S2. The first-order chi connectivity index (χ1) is 17.4. The average Bonchev–Trinajstić information content (AvgIpc) is 2.72. The zero-order valence-electron chi connectivity index (χ0n) is 25.9. The van der Waals surface area contributed by atoms with E-state index in [0.717, 1.165) is 20.9 Å². The van der Waals surface area contributed by atoms with Crippen molar-refractivity contribution >= 4 is 27.4 Å². The summed E-state index contributed by atoms with van der Waals surface area (Å²) in [5.74, 6) is 0. The maximum atomic E-state index is 11.6. The topological polar surface area (TPSA) is 78.4 Å². The largest absolute Gasteiger partial charge is 0.182 e. The number of allylic oxidation sites excluding steroid dienone is 14. The fourth-order valence-electron chi connectivity index (χ4n) is 3.67. The Balaban J connectivity index is 2.51. The maximum Gasteiger partial charge on any atom is 0.141 e. The third-order valence-corrected chi connectivity index (χ3v) is 11.3. The molecule has 7 heteroatoms. The normalized spacial score (nSPS) is 20.6. The van der Waals surface area contributed by atoms with Gasteiger partial charge in [-0.1, -0.05) is 125 Å². The van der Waals surface area contributed by atoms with Crippen LogP contribution in [0, 0.1) is 31.9 Å². The fraction of sp³-hybridized carbons (Fsp3) is 0.531. The molecule has 218 valence electrons. The lowest BCUT2D eigenvalue weighted by Gasteiger charge is -2.32. The molecule has 0 amide bonds. The van der Waals surface area contributed by atoms with Crippen LogP contribution in [-0.2, 0) is 3.74 Å². The smallest absolute Gasteiger partial charge is 0.141 e. The predicted octanol–water partition coefficient (Wildman–Crippen LogP) is 7.21. The number of halogens is 1. The van der Waals surface area contributed by atoms with E-state index in [1.807, 2.05) is 71.5 Å². The lowest BCUT2D eigenvalue weighted by molar-refractivity contribution is -1.91. The highest BCUT2D eigenvalue weighted by Gasteiger charge is 2.38. The second-order valence-corrected chi connectivity index (χ2v) is 18.0. The minimum atomic E-state index is -4.57. The zero-order valence-corrected chi connectivity index (χ0v) is 28.3. The summed E-state index contributed by atoms with van der Waals surface area (Å²) in [7, 11) is -5.84. The van der Waals surface area contributed by atoms with E-state index in [0.29, 0.717) is 0 Å². The van der Waals surface area contributed by atoms with Gasteiger partial charge in [-0.3, -0.25) is 0 Å². The van der Waals surface area contributed by atoms with E-state index in [-0.39, 0.29) is 10.8 Å². The molecule has 2 aliphatic heterocycles. The number of thioether (sulfide) groups is 1. The van der Waals surface area contributed by atoms with Gasteiger partial charge in [0, 0.05) is 9.77 Å². The van der Waals surface area contributed by atoms with Gasteiger partial charge in [-0.2, -0.15) is 14.0 Å².